The summed E-state index contributed by atoms with van der Waals surface area (Å²) in [5.74, 6) is 2.33. The smallest absolute Gasteiger partial charge is 0.277 e. The van der Waals surface area contributed by atoms with Crippen molar-refractivity contribution < 1.29 is 9.21 Å². The minimum atomic E-state index is 0.0520. The first-order valence-corrected chi connectivity index (χ1v) is 8.92. The van der Waals surface area contributed by atoms with Crippen LogP contribution in [0.5, 0.6) is 0 Å². The largest absolute Gasteiger partial charge is 0.411 e. The number of carbonyl (C=O) groups is 1. The Kier molecular flexibility index (Phi) is 4.03. The molecule has 3 atom stereocenters. The summed E-state index contributed by atoms with van der Waals surface area (Å²) < 4.78 is 5.57. The van der Waals surface area contributed by atoms with Crippen LogP contribution >= 0.6 is 11.8 Å². The van der Waals surface area contributed by atoms with E-state index in [1.165, 1.54) is 31.0 Å². The summed E-state index contributed by atoms with van der Waals surface area (Å²) in [6.45, 7) is 0. The predicted molar refractivity (Wildman–Crippen MR) is 85.6 cm³/mol. The highest BCUT2D eigenvalue weighted by molar-refractivity contribution is 7.99. The van der Waals surface area contributed by atoms with Crippen molar-refractivity contribution in [1.29, 1.82) is 0 Å². The number of nitrogens with zero attached hydrogens (tertiary/aromatic N) is 3. The number of amides is 1. The summed E-state index contributed by atoms with van der Waals surface area (Å²) in [5, 5.41) is 11.6. The molecule has 1 amide bonds. The lowest BCUT2D eigenvalue weighted by Crippen LogP contribution is -2.39. The van der Waals surface area contributed by atoms with E-state index < -0.39 is 0 Å². The van der Waals surface area contributed by atoms with Crippen LogP contribution in [0.1, 0.15) is 25.7 Å². The van der Waals surface area contributed by atoms with E-state index in [0.29, 0.717) is 28.8 Å². The zero-order valence-electron chi connectivity index (χ0n) is 12.6. The van der Waals surface area contributed by atoms with E-state index in [4.69, 9.17) is 4.42 Å². The van der Waals surface area contributed by atoms with Gasteiger partial charge in [0.05, 0.1) is 5.75 Å². The fraction of sp³-hybridized carbons (Fsp3) is 0.500. The van der Waals surface area contributed by atoms with Crippen molar-refractivity contribution in [3.05, 3.63) is 24.5 Å². The summed E-state index contributed by atoms with van der Waals surface area (Å²) in [6, 6.07) is 3.99. The van der Waals surface area contributed by atoms with E-state index in [0.717, 1.165) is 17.9 Å². The Morgan fingerprint density at radius 2 is 2.13 bits per heavy atom. The zero-order chi connectivity index (χ0) is 15.6. The van der Waals surface area contributed by atoms with Crippen molar-refractivity contribution in [2.45, 2.75) is 36.9 Å². The van der Waals surface area contributed by atoms with Gasteiger partial charge in [-0.3, -0.25) is 9.78 Å². The molecule has 2 bridgehead atoms. The van der Waals surface area contributed by atoms with Gasteiger partial charge in [0.25, 0.3) is 5.22 Å². The molecule has 2 fully saturated rings. The van der Waals surface area contributed by atoms with Gasteiger partial charge in [-0.25, -0.2) is 0 Å². The van der Waals surface area contributed by atoms with Crippen molar-refractivity contribution >= 4 is 17.7 Å². The standard InChI is InChI=1S/C16H18N4O2S/c21-14(18-13-8-10-1-2-12(13)7-10)9-23-16-20-19-15(22-16)11-3-5-17-6-4-11/h3-6,10,12-13H,1-2,7-9H2,(H,18,21)/t10-,12-,13+/m0/s1. The van der Waals surface area contributed by atoms with Gasteiger partial charge in [0, 0.05) is 24.0 Å². The quantitative estimate of drug-likeness (QED) is 0.849. The van der Waals surface area contributed by atoms with E-state index in [1.54, 1.807) is 12.4 Å². The maximum absolute atomic E-state index is 12.1. The molecule has 2 saturated carbocycles. The fourth-order valence-electron chi connectivity index (χ4n) is 3.68. The third kappa shape index (κ3) is 3.24. The molecule has 0 aliphatic heterocycles. The van der Waals surface area contributed by atoms with Gasteiger partial charge in [0.1, 0.15) is 0 Å². The molecular formula is C16H18N4O2S. The van der Waals surface area contributed by atoms with Crippen molar-refractivity contribution in [3.8, 4) is 11.5 Å². The molecule has 2 aromatic heterocycles. The molecular weight excluding hydrogens is 312 g/mol. The van der Waals surface area contributed by atoms with Gasteiger partial charge in [-0.15, -0.1) is 10.2 Å². The van der Waals surface area contributed by atoms with Crippen LogP contribution in [-0.4, -0.2) is 32.9 Å². The van der Waals surface area contributed by atoms with Crippen LogP contribution in [0.3, 0.4) is 0 Å². The average Bonchev–Trinajstić information content (AvgIpc) is 3.30. The SMILES string of the molecule is O=C(CSc1nnc(-c2ccncc2)o1)N[C@@H]1C[C@H]2CC[C@H]1C2. The van der Waals surface area contributed by atoms with E-state index in [2.05, 4.69) is 20.5 Å². The number of aromatic nitrogens is 3. The summed E-state index contributed by atoms with van der Waals surface area (Å²) in [5.41, 5.74) is 0.825. The minimum absolute atomic E-state index is 0.0520. The molecule has 7 heteroatoms. The van der Waals surface area contributed by atoms with E-state index in [-0.39, 0.29) is 5.91 Å². The van der Waals surface area contributed by atoms with E-state index >= 15 is 0 Å². The van der Waals surface area contributed by atoms with Crippen LogP contribution in [0, 0.1) is 11.8 Å². The van der Waals surface area contributed by atoms with Crippen molar-refractivity contribution in [2.75, 3.05) is 5.75 Å². The van der Waals surface area contributed by atoms with Gasteiger partial charge in [0.15, 0.2) is 0 Å². The lowest BCUT2D eigenvalue weighted by molar-refractivity contribution is -0.119. The Morgan fingerprint density at radius 3 is 2.87 bits per heavy atom. The van der Waals surface area contributed by atoms with Gasteiger partial charge in [-0.05, 0) is 43.2 Å². The summed E-state index contributed by atoms with van der Waals surface area (Å²) >= 11 is 1.28. The maximum Gasteiger partial charge on any atom is 0.277 e. The Labute approximate surface area is 138 Å². The molecule has 6 nitrogen and oxygen atoms in total. The van der Waals surface area contributed by atoms with E-state index in [9.17, 15) is 4.79 Å². The number of fused-ring (bicyclic) bond motifs is 2. The number of pyridine rings is 1. The predicted octanol–water partition coefficient (Wildman–Crippen LogP) is 2.53. The molecule has 2 aromatic rings. The molecule has 2 aliphatic rings. The van der Waals surface area contributed by atoms with Crippen molar-refractivity contribution in [1.82, 2.24) is 20.5 Å². The molecule has 1 N–H and O–H groups in total. The molecule has 2 aliphatic carbocycles. The summed E-state index contributed by atoms with van der Waals surface area (Å²) in [4.78, 5) is 16.0. The highest BCUT2D eigenvalue weighted by Gasteiger charge is 2.40. The second-order valence-electron chi connectivity index (χ2n) is 6.25. The molecule has 0 unspecified atom stereocenters. The number of thioether (sulfide) groups is 1. The van der Waals surface area contributed by atoms with Gasteiger partial charge in [0.2, 0.25) is 11.8 Å². The molecule has 2 heterocycles. The number of hydrogen-bond acceptors (Lipinski definition) is 6. The molecule has 120 valence electrons. The van der Waals surface area contributed by atoms with Crippen molar-refractivity contribution in [2.24, 2.45) is 11.8 Å². The lowest BCUT2D eigenvalue weighted by Gasteiger charge is -2.22. The second kappa shape index (κ2) is 6.31. The van der Waals surface area contributed by atoms with Gasteiger partial charge in [-0.2, -0.15) is 0 Å². The summed E-state index contributed by atoms with van der Waals surface area (Å²) in [6.07, 6.45) is 8.39. The number of hydrogen-bond donors (Lipinski definition) is 1. The Hall–Kier alpha value is -1.89. The highest BCUT2D eigenvalue weighted by atomic mass is 32.2. The fourth-order valence-corrected chi connectivity index (χ4v) is 4.25. The monoisotopic (exact) mass is 330 g/mol. The Bertz CT molecular complexity index is 690. The van der Waals surface area contributed by atoms with E-state index in [1.807, 2.05) is 12.1 Å². The van der Waals surface area contributed by atoms with Crippen LogP contribution in [0.15, 0.2) is 34.2 Å². The average molecular weight is 330 g/mol. The van der Waals surface area contributed by atoms with Gasteiger partial charge < -0.3 is 9.73 Å². The Balaban J connectivity index is 1.29. The van der Waals surface area contributed by atoms with Crippen LogP contribution in [0.25, 0.3) is 11.5 Å². The molecule has 4 rings (SSSR count). The third-order valence-corrected chi connectivity index (χ3v) is 5.56. The summed E-state index contributed by atoms with van der Waals surface area (Å²) in [7, 11) is 0. The third-order valence-electron chi connectivity index (χ3n) is 4.74. The minimum Gasteiger partial charge on any atom is -0.411 e. The van der Waals surface area contributed by atoms with Crippen LogP contribution < -0.4 is 5.32 Å². The van der Waals surface area contributed by atoms with Gasteiger partial charge >= 0.3 is 0 Å². The number of rotatable bonds is 5. The first-order valence-electron chi connectivity index (χ1n) is 7.94. The number of nitrogens with one attached hydrogen (secondary N) is 1. The van der Waals surface area contributed by atoms with Crippen molar-refractivity contribution in [3.63, 3.8) is 0 Å². The number of carbonyl (C=O) groups excluding carboxylic acids is 1. The Morgan fingerprint density at radius 1 is 1.26 bits per heavy atom. The lowest BCUT2D eigenvalue weighted by atomic mass is 9.95. The van der Waals surface area contributed by atoms with Gasteiger partial charge in [-0.1, -0.05) is 18.2 Å². The van der Waals surface area contributed by atoms with Crippen LogP contribution in [-0.2, 0) is 4.79 Å². The zero-order valence-corrected chi connectivity index (χ0v) is 13.5. The highest BCUT2D eigenvalue weighted by Crippen LogP contribution is 2.44. The molecule has 0 spiro atoms. The molecule has 23 heavy (non-hydrogen) atoms. The first-order chi connectivity index (χ1) is 11.3. The second-order valence-corrected chi connectivity index (χ2v) is 7.17. The molecule has 0 aromatic carbocycles. The topological polar surface area (TPSA) is 80.9 Å². The normalized spacial score (nSPS) is 25.7. The maximum atomic E-state index is 12.1. The first kappa shape index (κ1) is 14.7. The van der Waals surface area contributed by atoms with Crippen LogP contribution in [0.4, 0.5) is 0 Å². The van der Waals surface area contributed by atoms with Crippen LogP contribution in [0.2, 0.25) is 0 Å². The molecule has 0 saturated heterocycles. The molecule has 0 radical (unpaired) electrons.